The van der Waals surface area contributed by atoms with Gasteiger partial charge in [0.1, 0.15) is 29.0 Å². The second kappa shape index (κ2) is 8.13. The van der Waals surface area contributed by atoms with E-state index in [1.165, 1.54) is 31.8 Å². The smallest absolute Gasteiger partial charge is 0.342 e. The van der Waals surface area contributed by atoms with Gasteiger partial charge >= 0.3 is 5.97 Å². The van der Waals surface area contributed by atoms with E-state index in [1.807, 2.05) is 13.0 Å². The molecule has 0 N–H and O–H groups in total. The zero-order chi connectivity index (χ0) is 17.5. The van der Waals surface area contributed by atoms with Gasteiger partial charge in [-0.3, -0.25) is 0 Å². The Morgan fingerprint density at radius 2 is 2.21 bits per heavy atom. The number of carbonyl (C=O) groups excluding carboxylic acids is 1. The van der Waals surface area contributed by atoms with Crippen LogP contribution in [0.15, 0.2) is 30.7 Å². The van der Waals surface area contributed by atoms with Crippen molar-refractivity contribution in [3.8, 4) is 11.8 Å². The van der Waals surface area contributed by atoms with E-state index >= 15 is 0 Å². The van der Waals surface area contributed by atoms with Gasteiger partial charge in [-0.1, -0.05) is 12.1 Å². The van der Waals surface area contributed by atoms with Gasteiger partial charge in [-0.05, 0) is 18.6 Å². The molecule has 0 spiro atoms. The SMILES string of the molecule is COC=C(C(=O)OC)c1cnc(COc2c(C)cccc2C#N)s1. The summed E-state index contributed by atoms with van der Waals surface area (Å²) in [5.41, 5.74) is 1.64. The number of hydrogen-bond acceptors (Lipinski definition) is 7. The average molecular weight is 344 g/mol. The van der Waals surface area contributed by atoms with Crippen LogP contribution in [-0.4, -0.2) is 25.2 Å². The lowest BCUT2D eigenvalue weighted by molar-refractivity contribution is -0.133. The van der Waals surface area contributed by atoms with Gasteiger partial charge in [0.25, 0.3) is 0 Å². The third kappa shape index (κ3) is 3.91. The maximum atomic E-state index is 11.8. The molecule has 0 amide bonds. The fraction of sp³-hybridized carbons (Fsp3) is 0.235. The van der Waals surface area contributed by atoms with E-state index in [4.69, 9.17) is 19.5 Å². The van der Waals surface area contributed by atoms with Gasteiger partial charge in [-0.2, -0.15) is 5.26 Å². The molecule has 1 heterocycles. The Hall–Kier alpha value is -2.85. The number of carbonyl (C=O) groups is 1. The largest absolute Gasteiger partial charge is 0.503 e. The van der Waals surface area contributed by atoms with E-state index < -0.39 is 5.97 Å². The third-order valence-corrected chi connectivity index (χ3v) is 4.14. The van der Waals surface area contributed by atoms with Gasteiger partial charge in [0.15, 0.2) is 0 Å². The number of thiazole rings is 1. The molecule has 0 fully saturated rings. The van der Waals surface area contributed by atoms with Gasteiger partial charge < -0.3 is 14.2 Å². The first-order chi connectivity index (χ1) is 11.6. The van der Waals surface area contributed by atoms with Crippen LogP contribution in [0.25, 0.3) is 5.57 Å². The zero-order valence-electron chi connectivity index (χ0n) is 13.5. The highest BCUT2D eigenvalue weighted by molar-refractivity contribution is 7.13. The van der Waals surface area contributed by atoms with Crippen LogP contribution in [-0.2, 0) is 20.9 Å². The van der Waals surface area contributed by atoms with E-state index in [-0.39, 0.29) is 12.2 Å². The molecule has 2 aromatic rings. The molecule has 2 rings (SSSR count). The Morgan fingerprint density at radius 1 is 1.42 bits per heavy atom. The number of nitriles is 1. The van der Waals surface area contributed by atoms with Crippen LogP contribution in [0, 0.1) is 18.3 Å². The van der Waals surface area contributed by atoms with E-state index in [2.05, 4.69) is 11.1 Å². The van der Waals surface area contributed by atoms with Crippen molar-refractivity contribution < 1.29 is 19.0 Å². The average Bonchev–Trinajstić information content (AvgIpc) is 3.06. The van der Waals surface area contributed by atoms with Crippen molar-refractivity contribution in [1.29, 1.82) is 5.26 Å². The molecule has 7 heteroatoms. The monoisotopic (exact) mass is 344 g/mol. The first-order valence-electron chi connectivity index (χ1n) is 6.99. The topological polar surface area (TPSA) is 81.4 Å². The number of hydrogen-bond donors (Lipinski definition) is 0. The first kappa shape index (κ1) is 17.5. The molecule has 0 bridgehead atoms. The van der Waals surface area contributed by atoms with Crippen LogP contribution in [0.4, 0.5) is 0 Å². The molecule has 0 aliphatic carbocycles. The summed E-state index contributed by atoms with van der Waals surface area (Å²) in [6, 6.07) is 7.49. The maximum absolute atomic E-state index is 11.8. The summed E-state index contributed by atoms with van der Waals surface area (Å²) in [6.45, 7) is 2.08. The summed E-state index contributed by atoms with van der Waals surface area (Å²) >= 11 is 1.30. The van der Waals surface area contributed by atoms with Gasteiger partial charge in [0.05, 0.1) is 30.9 Å². The number of nitrogens with zero attached hydrogens (tertiary/aromatic N) is 2. The predicted octanol–water partition coefficient (Wildman–Crippen LogP) is 3.06. The minimum absolute atomic E-state index is 0.200. The lowest BCUT2D eigenvalue weighted by atomic mass is 10.1. The van der Waals surface area contributed by atoms with Crippen molar-refractivity contribution in [3.05, 3.63) is 51.7 Å². The molecule has 1 aromatic carbocycles. The molecule has 0 aliphatic heterocycles. The highest BCUT2D eigenvalue weighted by Gasteiger charge is 2.17. The van der Waals surface area contributed by atoms with Crippen LogP contribution in [0.5, 0.6) is 5.75 Å². The Bertz CT molecular complexity index is 805. The number of ether oxygens (including phenoxy) is 3. The fourth-order valence-corrected chi connectivity index (χ4v) is 2.83. The minimum atomic E-state index is -0.501. The van der Waals surface area contributed by atoms with Gasteiger partial charge in [0, 0.05) is 6.20 Å². The molecule has 0 radical (unpaired) electrons. The molecule has 0 saturated heterocycles. The number of aryl methyl sites for hydroxylation is 1. The van der Waals surface area contributed by atoms with Crippen molar-refractivity contribution in [3.63, 3.8) is 0 Å². The van der Waals surface area contributed by atoms with Crippen LogP contribution in [0.1, 0.15) is 21.0 Å². The van der Waals surface area contributed by atoms with Gasteiger partial charge in [0.2, 0.25) is 0 Å². The van der Waals surface area contributed by atoms with Crippen LogP contribution < -0.4 is 4.74 Å². The van der Waals surface area contributed by atoms with E-state index in [0.717, 1.165) is 5.56 Å². The van der Waals surface area contributed by atoms with E-state index in [9.17, 15) is 4.79 Å². The van der Waals surface area contributed by atoms with Crippen LogP contribution in [0.2, 0.25) is 0 Å². The van der Waals surface area contributed by atoms with Gasteiger partial charge in [-0.15, -0.1) is 11.3 Å². The molecule has 6 nitrogen and oxygen atoms in total. The molecule has 0 aliphatic rings. The summed E-state index contributed by atoms with van der Waals surface area (Å²) in [7, 11) is 2.76. The number of rotatable bonds is 6. The van der Waals surface area contributed by atoms with Crippen molar-refractivity contribution >= 4 is 22.9 Å². The van der Waals surface area contributed by atoms with E-state index in [1.54, 1.807) is 18.3 Å². The molecule has 0 atom stereocenters. The Morgan fingerprint density at radius 3 is 2.88 bits per heavy atom. The molecule has 1 aromatic heterocycles. The summed E-state index contributed by atoms with van der Waals surface area (Å²) in [6.07, 6.45) is 2.88. The van der Waals surface area contributed by atoms with Gasteiger partial charge in [-0.25, -0.2) is 9.78 Å². The quantitative estimate of drug-likeness (QED) is 0.455. The third-order valence-electron chi connectivity index (χ3n) is 3.13. The van der Waals surface area contributed by atoms with Crippen molar-refractivity contribution in [1.82, 2.24) is 4.98 Å². The number of benzene rings is 1. The summed E-state index contributed by atoms with van der Waals surface area (Å²) in [5.74, 6) is 0.0380. The van der Waals surface area contributed by atoms with Crippen molar-refractivity contribution in [2.75, 3.05) is 14.2 Å². The van der Waals surface area contributed by atoms with Crippen LogP contribution >= 0.6 is 11.3 Å². The second-order valence-electron chi connectivity index (χ2n) is 4.73. The highest BCUT2D eigenvalue weighted by atomic mass is 32.1. The fourth-order valence-electron chi connectivity index (χ4n) is 2.00. The Kier molecular flexibility index (Phi) is 5.93. The normalized spacial score (nSPS) is 10.8. The first-order valence-corrected chi connectivity index (χ1v) is 7.81. The van der Waals surface area contributed by atoms with E-state index in [0.29, 0.717) is 21.2 Å². The molecule has 0 unspecified atom stereocenters. The molecular weight excluding hydrogens is 328 g/mol. The molecular formula is C17H16N2O4S. The second-order valence-corrected chi connectivity index (χ2v) is 5.84. The molecule has 124 valence electrons. The lowest BCUT2D eigenvalue weighted by Crippen LogP contribution is -2.03. The maximum Gasteiger partial charge on any atom is 0.342 e. The number of methoxy groups -OCH3 is 2. The Labute approximate surface area is 143 Å². The minimum Gasteiger partial charge on any atom is -0.503 e. The summed E-state index contributed by atoms with van der Waals surface area (Å²) in [5, 5.41) is 9.82. The highest BCUT2D eigenvalue weighted by Crippen LogP contribution is 2.27. The zero-order valence-corrected chi connectivity index (χ0v) is 14.3. The number of para-hydroxylation sites is 1. The molecule has 0 saturated carbocycles. The Balaban J connectivity index is 2.17. The molecule has 24 heavy (non-hydrogen) atoms. The van der Waals surface area contributed by atoms with Crippen molar-refractivity contribution in [2.45, 2.75) is 13.5 Å². The standard InChI is InChI=1S/C17H16N2O4S/c1-11-5-4-6-12(7-18)16(11)23-10-15-19-8-14(24-15)13(9-21-2)17(20)22-3/h4-6,8-9H,10H2,1-3H3. The number of aromatic nitrogens is 1. The lowest BCUT2D eigenvalue weighted by Gasteiger charge is -2.08. The van der Waals surface area contributed by atoms with Crippen molar-refractivity contribution in [2.24, 2.45) is 0 Å². The summed E-state index contributed by atoms with van der Waals surface area (Å²) in [4.78, 5) is 16.6. The predicted molar refractivity (Wildman–Crippen MR) is 89.3 cm³/mol. The number of esters is 1. The van der Waals surface area contributed by atoms with Crippen LogP contribution in [0.3, 0.4) is 0 Å². The summed E-state index contributed by atoms with van der Waals surface area (Å²) < 4.78 is 15.4.